The van der Waals surface area contributed by atoms with Gasteiger partial charge in [0.05, 0.1) is 12.8 Å². The van der Waals surface area contributed by atoms with Gasteiger partial charge in [0.2, 0.25) is 0 Å². The van der Waals surface area contributed by atoms with Gasteiger partial charge in [-0.1, -0.05) is 6.92 Å². The SMILES string of the molecule is CCNC(=NCC(O)c1ccco1)NCCn1cnnc1CC.I. The number of furan rings is 1. The van der Waals surface area contributed by atoms with E-state index in [1.165, 1.54) is 6.26 Å². The summed E-state index contributed by atoms with van der Waals surface area (Å²) in [5.41, 5.74) is 0. The van der Waals surface area contributed by atoms with E-state index < -0.39 is 6.10 Å². The summed E-state index contributed by atoms with van der Waals surface area (Å²) in [5.74, 6) is 2.13. The number of aryl methyl sites for hydroxylation is 1. The Hall–Kier alpha value is -1.62. The summed E-state index contributed by atoms with van der Waals surface area (Å²) in [6.45, 7) is 6.46. The second-order valence-corrected chi connectivity index (χ2v) is 4.97. The Labute approximate surface area is 158 Å². The molecule has 1 atom stereocenters. The number of nitrogens with zero attached hydrogens (tertiary/aromatic N) is 4. The summed E-state index contributed by atoms with van der Waals surface area (Å²) >= 11 is 0. The van der Waals surface area contributed by atoms with Crippen LogP contribution in [0.15, 0.2) is 34.1 Å². The van der Waals surface area contributed by atoms with Gasteiger partial charge in [-0.25, -0.2) is 0 Å². The van der Waals surface area contributed by atoms with Crippen LogP contribution in [-0.2, 0) is 13.0 Å². The molecular formula is C15H25IN6O2. The second kappa shape index (κ2) is 11.0. The molecule has 0 aromatic carbocycles. The lowest BCUT2D eigenvalue weighted by Gasteiger charge is -2.13. The number of rotatable bonds is 8. The van der Waals surface area contributed by atoms with Gasteiger partial charge in [-0.05, 0) is 19.1 Å². The van der Waals surface area contributed by atoms with Gasteiger partial charge in [0.15, 0.2) is 5.96 Å². The lowest BCUT2D eigenvalue weighted by atomic mass is 10.3. The van der Waals surface area contributed by atoms with Crippen molar-refractivity contribution >= 4 is 29.9 Å². The van der Waals surface area contributed by atoms with Crippen molar-refractivity contribution in [1.29, 1.82) is 0 Å². The van der Waals surface area contributed by atoms with Crippen molar-refractivity contribution < 1.29 is 9.52 Å². The highest BCUT2D eigenvalue weighted by molar-refractivity contribution is 14.0. The Morgan fingerprint density at radius 1 is 1.42 bits per heavy atom. The highest BCUT2D eigenvalue weighted by atomic mass is 127. The van der Waals surface area contributed by atoms with Gasteiger partial charge >= 0.3 is 0 Å². The fraction of sp³-hybridized carbons (Fsp3) is 0.533. The number of aliphatic hydroxyl groups is 1. The minimum absolute atomic E-state index is 0. The number of nitrogens with one attached hydrogen (secondary N) is 2. The minimum Gasteiger partial charge on any atom is -0.467 e. The smallest absolute Gasteiger partial charge is 0.191 e. The van der Waals surface area contributed by atoms with Gasteiger partial charge in [-0.2, -0.15) is 0 Å². The van der Waals surface area contributed by atoms with Crippen LogP contribution in [0.1, 0.15) is 31.5 Å². The van der Waals surface area contributed by atoms with Gasteiger partial charge in [0.1, 0.15) is 24.0 Å². The zero-order valence-corrected chi connectivity index (χ0v) is 16.3. The molecule has 2 heterocycles. The number of aliphatic imine (C=N–C) groups is 1. The largest absolute Gasteiger partial charge is 0.467 e. The number of aliphatic hydroxyl groups excluding tert-OH is 1. The summed E-state index contributed by atoms with van der Waals surface area (Å²) in [6.07, 6.45) is 3.37. The molecule has 134 valence electrons. The molecule has 2 aromatic heterocycles. The highest BCUT2D eigenvalue weighted by Gasteiger charge is 2.10. The van der Waals surface area contributed by atoms with E-state index in [4.69, 9.17) is 4.42 Å². The molecule has 0 amide bonds. The first-order valence-electron chi connectivity index (χ1n) is 7.84. The van der Waals surface area contributed by atoms with E-state index in [9.17, 15) is 5.11 Å². The molecule has 0 aliphatic rings. The van der Waals surface area contributed by atoms with Crippen LogP contribution in [0.25, 0.3) is 0 Å². The molecule has 3 N–H and O–H groups in total. The maximum absolute atomic E-state index is 9.99. The Balaban J connectivity index is 0.00000288. The molecule has 2 rings (SSSR count). The lowest BCUT2D eigenvalue weighted by molar-refractivity contribution is 0.158. The van der Waals surface area contributed by atoms with E-state index in [0.717, 1.165) is 25.3 Å². The summed E-state index contributed by atoms with van der Waals surface area (Å²) in [7, 11) is 0. The molecular weight excluding hydrogens is 423 g/mol. The molecule has 8 nitrogen and oxygen atoms in total. The van der Waals surface area contributed by atoms with Crippen molar-refractivity contribution in [3.8, 4) is 0 Å². The molecule has 0 saturated heterocycles. The van der Waals surface area contributed by atoms with Crippen molar-refractivity contribution in [2.45, 2.75) is 32.9 Å². The topological polar surface area (TPSA) is 100 Å². The molecule has 0 aliphatic heterocycles. The summed E-state index contributed by atoms with van der Waals surface area (Å²) in [6, 6.07) is 3.48. The average molecular weight is 448 g/mol. The van der Waals surface area contributed by atoms with E-state index >= 15 is 0 Å². The Morgan fingerprint density at radius 3 is 2.92 bits per heavy atom. The molecule has 0 aliphatic carbocycles. The molecule has 0 radical (unpaired) electrons. The van der Waals surface area contributed by atoms with Gasteiger partial charge in [-0.3, -0.25) is 4.99 Å². The maximum atomic E-state index is 9.99. The van der Waals surface area contributed by atoms with Crippen molar-refractivity contribution in [2.24, 2.45) is 4.99 Å². The van der Waals surface area contributed by atoms with E-state index in [1.807, 2.05) is 11.5 Å². The van der Waals surface area contributed by atoms with Crippen LogP contribution in [0.4, 0.5) is 0 Å². The number of halogens is 1. The third kappa shape index (κ3) is 6.11. The number of aromatic nitrogens is 3. The first kappa shape index (κ1) is 20.4. The summed E-state index contributed by atoms with van der Waals surface area (Å²) in [5, 5.41) is 24.3. The van der Waals surface area contributed by atoms with Gasteiger partial charge in [0.25, 0.3) is 0 Å². The third-order valence-corrected chi connectivity index (χ3v) is 3.30. The Kier molecular flexibility index (Phi) is 9.38. The number of hydrogen-bond acceptors (Lipinski definition) is 5. The highest BCUT2D eigenvalue weighted by Crippen LogP contribution is 2.12. The number of hydrogen-bond donors (Lipinski definition) is 3. The number of guanidine groups is 1. The minimum atomic E-state index is -0.745. The second-order valence-electron chi connectivity index (χ2n) is 4.97. The van der Waals surface area contributed by atoms with Crippen LogP contribution in [0, 0.1) is 0 Å². The van der Waals surface area contributed by atoms with Crippen molar-refractivity contribution in [3.63, 3.8) is 0 Å². The predicted molar refractivity (Wildman–Crippen MR) is 102 cm³/mol. The monoisotopic (exact) mass is 448 g/mol. The van der Waals surface area contributed by atoms with Crippen LogP contribution >= 0.6 is 24.0 Å². The molecule has 0 fully saturated rings. The zero-order valence-electron chi connectivity index (χ0n) is 14.0. The van der Waals surface area contributed by atoms with Crippen molar-refractivity contribution in [3.05, 3.63) is 36.3 Å². The van der Waals surface area contributed by atoms with E-state index in [-0.39, 0.29) is 30.5 Å². The van der Waals surface area contributed by atoms with Gasteiger partial charge in [-0.15, -0.1) is 34.2 Å². The fourth-order valence-electron chi connectivity index (χ4n) is 2.12. The molecule has 0 saturated carbocycles. The fourth-order valence-corrected chi connectivity index (χ4v) is 2.12. The molecule has 9 heteroatoms. The summed E-state index contributed by atoms with van der Waals surface area (Å²) < 4.78 is 7.17. The standard InChI is InChI=1S/C15H24N6O2.HI/c1-3-14-20-19-11-21(14)8-7-17-15(16-4-2)18-10-12(22)13-6-5-9-23-13;/h5-6,9,11-12,22H,3-4,7-8,10H2,1-2H3,(H2,16,17,18);1H. The summed E-state index contributed by atoms with van der Waals surface area (Å²) in [4.78, 5) is 4.37. The molecule has 0 bridgehead atoms. The van der Waals surface area contributed by atoms with Crippen LogP contribution in [0.5, 0.6) is 0 Å². The first-order valence-corrected chi connectivity index (χ1v) is 7.84. The van der Waals surface area contributed by atoms with Crippen molar-refractivity contribution in [1.82, 2.24) is 25.4 Å². The third-order valence-electron chi connectivity index (χ3n) is 3.30. The van der Waals surface area contributed by atoms with Crippen molar-refractivity contribution in [2.75, 3.05) is 19.6 Å². The van der Waals surface area contributed by atoms with E-state index in [2.05, 4.69) is 32.7 Å². The lowest BCUT2D eigenvalue weighted by Crippen LogP contribution is -2.39. The molecule has 24 heavy (non-hydrogen) atoms. The van der Waals surface area contributed by atoms with Crippen LogP contribution in [-0.4, -0.2) is 45.5 Å². The molecule has 2 aromatic rings. The van der Waals surface area contributed by atoms with E-state index in [1.54, 1.807) is 18.5 Å². The van der Waals surface area contributed by atoms with Crippen LogP contribution < -0.4 is 10.6 Å². The van der Waals surface area contributed by atoms with E-state index in [0.29, 0.717) is 18.3 Å². The van der Waals surface area contributed by atoms with Crippen LogP contribution in [0.2, 0.25) is 0 Å². The maximum Gasteiger partial charge on any atom is 0.191 e. The molecule has 0 spiro atoms. The average Bonchev–Trinajstić information content (AvgIpc) is 3.23. The molecule has 1 unspecified atom stereocenters. The normalized spacial score (nSPS) is 12.5. The first-order chi connectivity index (χ1) is 11.2. The Morgan fingerprint density at radius 2 is 2.25 bits per heavy atom. The zero-order chi connectivity index (χ0) is 16.5. The predicted octanol–water partition coefficient (Wildman–Crippen LogP) is 1.34. The quantitative estimate of drug-likeness (QED) is 0.320. The Bertz CT molecular complexity index is 599. The van der Waals surface area contributed by atoms with Gasteiger partial charge < -0.3 is 24.7 Å². The van der Waals surface area contributed by atoms with Crippen LogP contribution in [0.3, 0.4) is 0 Å². The van der Waals surface area contributed by atoms with Gasteiger partial charge in [0, 0.05) is 26.1 Å².